The Labute approximate surface area is 164 Å². The smallest absolute Gasteiger partial charge is 0.257 e. The number of H-pyrrole nitrogens is 1. The van der Waals surface area contributed by atoms with Crippen molar-refractivity contribution in [3.8, 4) is 0 Å². The lowest BCUT2D eigenvalue weighted by Crippen LogP contribution is -2.22. The lowest BCUT2D eigenvalue weighted by molar-refractivity contribution is 0.0963. The number of hydrogen-bond donors (Lipinski definition) is 3. The monoisotopic (exact) mass is 375 g/mol. The van der Waals surface area contributed by atoms with Crippen LogP contribution in [0.4, 0.5) is 5.69 Å². The lowest BCUT2D eigenvalue weighted by atomic mass is 9.87. The summed E-state index contributed by atoms with van der Waals surface area (Å²) in [7, 11) is 1.59. The number of amides is 2. The Kier molecular flexibility index (Phi) is 4.67. The summed E-state index contributed by atoms with van der Waals surface area (Å²) in [5.74, 6) is 0.232. The van der Waals surface area contributed by atoms with E-state index in [2.05, 4.69) is 28.6 Å². The maximum atomic E-state index is 13.1. The highest BCUT2D eigenvalue weighted by molar-refractivity contribution is 6.14. The molecule has 0 radical (unpaired) electrons. The molecule has 5 nitrogen and oxygen atoms in total. The van der Waals surface area contributed by atoms with Crippen molar-refractivity contribution in [2.75, 3.05) is 12.4 Å². The maximum Gasteiger partial charge on any atom is 0.257 e. The standard InChI is InChI=1S/C23H25N3O2/c1-13-10-11-18-17(12-13)15-7-5-8-16(21(15)25-18)22(27)26-19-9-4-6-14(2)20(19)23(28)24-3/h4-9,13,25H,10-12H2,1-3H3,(H,24,28)(H,26,27). The van der Waals surface area contributed by atoms with Crippen LogP contribution in [0.2, 0.25) is 0 Å². The molecule has 2 amide bonds. The largest absolute Gasteiger partial charge is 0.358 e. The number of benzene rings is 2. The fourth-order valence-corrected chi connectivity index (χ4v) is 4.19. The van der Waals surface area contributed by atoms with Gasteiger partial charge in [-0.25, -0.2) is 0 Å². The zero-order valence-electron chi connectivity index (χ0n) is 16.5. The van der Waals surface area contributed by atoms with Gasteiger partial charge in [0.25, 0.3) is 11.8 Å². The summed E-state index contributed by atoms with van der Waals surface area (Å²) in [6.45, 7) is 4.14. The SMILES string of the molecule is CNC(=O)c1c(C)cccc1NC(=O)c1cccc2c3c([nH]c12)CCC(C)C3. The molecule has 3 N–H and O–H groups in total. The fraction of sp³-hybridized carbons (Fsp3) is 0.304. The molecule has 0 bridgehead atoms. The predicted molar refractivity (Wildman–Crippen MR) is 112 cm³/mol. The third-order valence-corrected chi connectivity index (χ3v) is 5.69. The second-order valence-electron chi connectivity index (χ2n) is 7.69. The Hall–Kier alpha value is -3.08. The Balaban J connectivity index is 1.73. The van der Waals surface area contributed by atoms with Crippen LogP contribution < -0.4 is 10.6 Å². The molecule has 1 aliphatic rings. The molecule has 4 rings (SSSR count). The molecule has 0 spiro atoms. The Morgan fingerprint density at radius 1 is 1.11 bits per heavy atom. The number of fused-ring (bicyclic) bond motifs is 3. The van der Waals surface area contributed by atoms with E-state index in [4.69, 9.17) is 0 Å². The summed E-state index contributed by atoms with van der Waals surface area (Å²) < 4.78 is 0. The number of anilines is 1. The number of rotatable bonds is 3. The molecule has 5 heteroatoms. The summed E-state index contributed by atoms with van der Waals surface area (Å²) in [6.07, 6.45) is 3.23. The van der Waals surface area contributed by atoms with Crippen molar-refractivity contribution >= 4 is 28.4 Å². The van der Waals surface area contributed by atoms with Gasteiger partial charge in [-0.2, -0.15) is 0 Å². The molecular weight excluding hydrogens is 350 g/mol. The van der Waals surface area contributed by atoms with E-state index in [1.165, 1.54) is 17.7 Å². The van der Waals surface area contributed by atoms with Gasteiger partial charge in [-0.15, -0.1) is 0 Å². The van der Waals surface area contributed by atoms with E-state index in [1.54, 1.807) is 13.1 Å². The van der Waals surface area contributed by atoms with Crippen LogP contribution in [0.5, 0.6) is 0 Å². The van der Waals surface area contributed by atoms with E-state index in [0.717, 1.165) is 29.3 Å². The van der Waals surface area contributed by atoms with Gasteiger partial charge in [-0.3, -0.25) is 9.59 Å². The molecule has 144 valence electrons. The Morgan fingerprint density at radius 2 is 1.89 bits per heavy atom. The van der Waals surface area contributed by atoms with E-state index < -0.39 is 0 Å². The van der Waals surface area contributed by atoms with Crippen molar-refractivity contribution in [2.24, 2.45) is 5.92 Å². The van der Waals surface area contributed by atoms with Gasteiger partial charge in [0.05, 0.1) is 22.3 Å². The van der Waals surface area contributed by atoms with E-state index in [0.29, 0.717) is 22.7 Å². The first-order chi connectivity index (χ1) is 13.5. The highest BCUT2D eigenvalue weighted by atomic mass is 16.2. The third-order valence-electron chi connectivity index (χ3n) is 5.69. The van der Waals surface area contributed by atoms with Crippen molar-refractivity contribution in [2.45, 2.75) is 33.1 Å². The van der Waals surface area contributed by atoms with Gasteiger partial charge in [-0.05, 0) is 55.4 Å². The average Bonchev–Trinajstić information content (AvgIpc) is 3.05. The number of aromatic nitrogens is 1. The first-order valence-electron chi connectivity index (χ1n) is 9.75. The molecule has 1 atom stereocenters. The van der Waals surface area contributed by atoms with Crippen molar-refractivity contribution in [1.82, 2.24) is 10.3 Å². The minimum absolute atomic E-state index is 0.212. The predicted octanol–water partition coefficient (Wildman–Crippen LogP) is 4.21. The third kappa shape index (κ3) is 3.07. The number of nitrogens with one attached hydrogen (secondary N) is 3. The molecule has 1 aromatic heterocycles. The van der Waals surface area contributed by atoms with Crippen molar-refractivity contribution in [1.29, 1.82) is 0 Å². The van der Waals surface area contributed by atoms with Crippen LogP contribution in [0.3, 0.4) is 0 Å². The van der Waals surface area contributed by atoms with Gasteiger partial charge < -0.3 is 15.6 Å². The van der Waals surface area contributed by atoms with Gasteiger partial charge >= 0.3 is 0 Å². The average molecular weight is 375 g/mol. The minimum atomic E-state index is -0.215. The summed E-state index contributed by atoms with van der Waals surface area (Å²) in [6, 6.07) is 11.3. The normalized spacial score (nSPS) is 15.9. The molecule has 1 unspecified atom stereocenters. The minimum Gasteiger partial charge on any atom is -0.358 e. The fourth-order valence-electron chi connectivity index (χ4n) is 4.19. The molecule has 1 heterocycles. The summed E-state index contributed by atoms with van der Waals surface area (Å²) in [5, 5.41) is 6.72. The molecule has 28 heavy (non-hydrogen) atoms. The van der Waals surface area contributed by atoms with Crippen molar-refractivity contribution in [3.63, 3.8) is 0 Å². The molecule has 3 aromatic rings. The lowest BCUT2D eigenvalue weighted by Gasteiger charge is -2.17. The number of hydrogen-bond acceptors (Lipinski definition) is 2. The van der Waals surface area contributed by atoms with E-state index >= 15 is 0 Å². The zero-order chi connectivity index (χ0) is 19.8. The van der Waals surface area contributed by atoms with E-state index in [1.807, 2.05) is 31.2 Å². The van der Waals surface area contributed by atoms with Crippen LogP contribution in [0.25, 0.3) is 10.9 Å². The number of para-hydroxylation sites is 1. The van der Waals surface area contributed by atoms with Gasteiger partial charge in [-0.1, -0.05) is 31.2 Å². The van der Waals surface area contributed by atoms with E-state index in [-0.39, 0.29) is 11.8 Å². The number of aryl methyl sites for hydroxylation is 2. The molecule has 1 aliphatic carbocycles. The summed E-state index contributed by atoms with van der Waals surface area (Å²) >= 11 is 0. The first-order valence-corrected chi connectivity index (χ1v) is 9.75. The van der Waals surface area contributed by atoms with Gasteiger partial charge in [0.15, 0.2) is 0 Å². The van der Waals surface area contributed by atoms with Gasteiger partial charge in [0.1, 0.15) is 0 Å². The van der Waals surface area contributed by atoms with Crippen LogP contribution in [-0.4, -0.2) is 23.8 Å². The van der Waals surface area contributed by atoms with Crippen molar-refractivity contribution < 1.29 is 9.59 Å². The maximum absolute atomic E-state index is 13.1. The topological polar surface area (TPSA) is 74.0 Å². The van der Waals surface area contributed by atoms with Crippen LogP contribution in [0, 0.1) is 12.8 Å². The second-order valence-corrected chi connectivity index (χ2v) is 7.69. The molecule has 0 fully saturated rings. The van der Waals surface area contributed by atoms with Crippen LogP contribution >= 0.6 is 0 Å². The van der Waals surface area contributed by atoms with E-state index in [9.17, 15) is 9.59 Å². The number of aromatic amines is 1. The van der Waals surface area contributed by atoms with Crippen LogP contribution in [0.1, 0.15) is 50.9 Å². The summed E-state index contributed by atoms with van der Waals surface area (Å²) in [4.78, 5) is 28.9. The van der Waals surface area contributed by atoms with Gasteiger partial charge in [0, 0.05) is 18.1 Å². The Bertz CT molecular complexity index is 1080. The quantitative estimate of drug-likeness (QED) is 0.641. The van der Waals surface area contributed by atoms with Crippen molar-refractivity contribution in [3.05, 3.63) is 64.3 Å². The molecular formula is C23H25N3O2. The highest BCUT2D eigenvalue weighted by Crippen LogP contribution is 2.33. The molecule has 0 saturated carbocycles. The second kappa shape index (κ2) is 7.15. The summed E-state index contributed by atoms with van der Waals surface area (Å²) in [5.41, 5.74) is 5.90. The van der Waals surface area contributed by atoms with Crippen LogP contribution in [-0.2, 0) is 12.8 Å². The van der Waals surface area contributed by atoms with Gasteiger partial charge in [0.2, 0.25) is 0 Å². The van der Waals surface area contributed by atoms with Crippen LogP contribution in [0.15, 0.2) is 36.4 Å². The number of carbonyl (C=O) groups is 2. The number of carbonyl (C=O) groups excluding carboxylic acids is 2. The molecule has 0 saturated heterocycles. The molecule has 2 aromatic carbocycles. The Morgan fingerprint density at radius 3 is 2.68 bits per heavy atom. The molecule has 0 aliphatic heterocycles. The zero-order valence-corrected chi connectivity index (χ0v) is 16.5. The first kappa shape index (κ1) is 18.3. The highest BCUT2D eigenvalue weighted by Gasteiger charge is 2.23.